The van der Waals surface area contributed by atoms with E-state index in [1.807, 2.05) is 31.2 Å². The number of aliphatic imine (C=N–C) groups is 1. The third-order valence-corrected chi connectivity index (χ3v) is 6.74. The van der Waals surface area contributed by atoms with Crippen LogP contribution in [-0.4, -0.2) is 32.4 Å². The molecule has 2 N–H and O–H groups in total. The van der Waals surface area contributed by atoms with Gasteiger partial charge in [0.25, 0.3) is 17.5 Å². The van der Waals surface area contributed by atoms with Gasteiger partial charge in [0.15, 0.2) is 5.17 Å². The Bertz CT molecular complexity index is 1390. The number of benzene rings is 3. The molecule has 3 aromatic carbocycles. The van der Waals surface area contributed by atoms with E-state index in [1.165, 1.54) is 29.3 Å². The number of hydrogen-bond acceptors (Lipinski definition) is 7. The molecule has 5 rings (SSSR count). The summed E-state index contributed by atoms with van der Waals surface area (Å²) in [5.74, 6) is -1.19. The third-order valence-electron chi connectivity index (χ3n) is 5.50. The van der Waals surface area contributed by atoms with Gasteiger partial charge in [-0.2, -0.15) is 10.1 Å². The molecular weight excluding hydrogens is 468 g/mol. The summed E-state index contributed by atoms with van der Waals surface area (Å²) in [5.41, 5.74) is 7.94. The van der Waals surface area contributed by atoms with E-state index in [1.54, 1.807) is 30.3 Å². The van der Waals surface area contributed by atoms with Crippen molar-refractivity contribution in [3.05, 3.63) is 100 Å². The van der Waals surface area contributed by atoms with Crippen molar-refractivity contribution in [2.45, 2.75) is 11.7 Å². The van der Waals surface area contributed by atoms with E-state index >= 15 is 0 Å². The molecule has 3 aromatic rings. The molecule has 10 nitrogen and oxygen atoms in total. The van der Waals surface area contributed by atoms with Crippen LogP contribution >= 0.6 is 11.8 Å². The van der Waals surface area contributed by atoms with Gasteiger partial charge in [-0.1, -0.05) is 47.7 Å². The number of rotatable bonds is 4. The van der Waals surface area contributed by atoms with E-state index < -0.39 is 21.5 Å². The summed E-state index contributed by atoms with van der Waals surface area (Å²) >= 11 is 0.940. The molecule has 1 unspecified atom stereocenters. The summed E-state index contributed by atoms with van der Waals surface area (Å²) in [6.07, 6.45) is 0. The monoisotopic (exact) mass is 486 g/mol. The minimum Gasteiger partial charge on any atom is -0.276 e. The summed E-state index contributed by atoms with van der Waals surface area (Å²) in [4.78, 5) is 42.3. The Hall–Kier alpha value is -4.51. The molecule has 2 heterocycles. The van der Waals surface area contributed by atoms with Gasteiger partial charge in [0.2, 0.25) is 4.75 Å². The lowest BCUT2D eigenvalue weighted by Gasteiger charge is -2.32. The molecule has 0 aromatic heterocycles. The highest BCUT2D eigenvalue weighted by Crippen LogP contribution is 2.41. The Morgan fingerprint density at radius 1 is 0.971 bits per heavy atom. The smallest absolute Gasteiger partial charge is 0.276 e. The lowest BCUT2D eigenvalue weighted by atomic mass is 9.94. The maximum atomic E-state index is 13.8. The summed E-state index contributed by atoms with van der Waals surface area (Å²) in [5, 5.41) is 17.1. The summed E-state index contributed by atoms with van der Waals surface area (Å²) in [6.45, 7) is 1.96. The van der Waals surface area contributed by atoms with Crippen molar-refractivity contribution >= 4 is 51.5 Å². The normalized spacial score (nSPS) is 20.5. The van der Waals surface area contributed by atoms with Crippen molar-refractivity contribution in [1.29, 1.82) is 0 Å². The maximum Gasteiger partial charge on any atom is 0.280 e. The zero-order chi connectivity index (χ0) is 24.6. The number of hydrogen-bond donors (Lipinski definition) is 2. The van der Waals surface area contributed by atoms with Crippen LogP contribution < -0.4 is 15.9 Å². The Morgan fingerprint density at radius 2 is 1.66 bits per heavy atom. The maximum absolute atomic E-state index is 13.8. The minimum atomic E-state index is -1.79. The number of hydrazine groups is 1. The van der Waals surface area contributed by atoms with Crippen molar-refractivity contribution in [2.24, 2.45) is 10.1 Å². The van der Waals surface area contributed by atoms with Crippen molar-refractivity contribution in [2.75, 3.05) is 5.01 Å². The van der Waals surface area contributed by atoms with E-state index in [2.05, 4.69) is 20.9 Å². The molecule has 2 aliphatic rings. The molecule has 1 saturated heterocycles. The fourth-order valence-corrected chi connectivity index (χ4v) is 4.83. The van der Waals surface area contributed by atoms with E-state index in [-0.39, 0.29) is 11.4 Å². The number of anilines is 1. The van der Waals surface area contributed by atoms with E-state index in [9.17, 15) is 19.7 Å². The number of nitrogens with zero attached hydrogens (tertiary/aromatic N) is 4. The first kappa shape index (κ1) is 22.3. The molecule has 0 radical (unpaired) electrons. The molecule has 11 heteroatoms. The first-order valence-electron chi connectivity index (χ1n) is 10.5. The number of para-hydroxylation sites is 1. The van der Waals surface area contributed by atoms with Gasteiger partial charge in [0.05, 0.1) is 16.3 Å². The van der Waals surface area contributed by atoms with Gasteiger partial charge in [0, 0.05) is 17.7 Å². The Kier molecular flexibility index (Phi) is 5.53. The molecule has 1 atom stereocenters. The highest BCUT2D eigenvalue weighted by molar-refractivity contribution is 8.17. The highest BCUT2D eigenvalue weighted by atomic mass is 32.2. The van der Waals surface area contributed by atoms with E-state index in [4.69, 9.17) is 0 Å². The predicted molar refractivity (Wildman–Crippen MR) is 133 cm³/mol. The zero-order valence-corrected chi connectivity index (χ0v) is 19.2. The number of aryl methyl sites for hydroxylation is 1. The Balaban J connectivity index is 1.62. The first-order valence-corrected chi connectivity index (χ1v) is 11.3. The molecule has 0 bridgehead atoms. The molecular formula is C24H18N6O4S. The Labute approximate surface area is 203 Å². The number of amidine groups is 1. The van der Waals surface area contributed by atoms with Crippen LogP contribution in [-0.2, 0) is 9.59 Å². The van der Waals surface area contributed by atoms with Crippen molar-refractivity contribution in [1.82, 2.24) is 10.9 Å². The molecule has 1 fully saturated rings. The number of amides is 2. The molecule has 1 spiro atoms. The summed E-state index contributed by atoms with van der Waals surface area (Å²) < 4.78 is -1.79. The highest BCUT2D eigenvalue weighted by Gasteiger charge is 2.61. The quantitative estimate of drug-likeness (QED) is 0.330. The SMILES string of the molecule is Cc1ccc(N=C2NNC(=O)C3(S2)C(=O)N(c2ccccc2)N=C3c2ccc([N+](=O)[O-])cc2)cc1. The topological polar surface area (TPSA) is 129 Å². The summed E-state index contributed by atoms with van der Waals surface area (Å²) in [7, 11) is 0. The average molecular weight is 487 g/mol. The molecule has 0 saturated carbocycles. The van der Waals surface area contributed by atoms with Crippen LogP contribution in [0.15, 0.2) is 89.0 Å². The molecule has 174 valence electrons. The lowest BCUT2D eigenvalue weighted by molar-refractivity contribution is -0.384. The third kappa shape index (κ3) is 3.91. The van der Waals surface area contributed by atoms with Gasteiger partial charge < -0.3 is 0 Å². The van der Waals surface area contributed by atoms with Crippen molar-refractivity contribution < 1.29 is 14.5 Å². The fraction of sp³-hybridized carbons (Fsp3) is 0.0833. The summed E-state index contributed by atoms with van der Waals surface area (Å²) in [6, 6.07) is 21.8. The van der Waals surface area contributed by atoms with Crippen LogP contribution in [0.4, 0.5) is 17.1 Å². The molecule has 0 aliphatic carbocycles. The van der Waals surface area contributed by atoms with E-state index in [0.29, 0.717) is 22.1 Å². The largest absolute Gasteiger partial charge is 0.280 e. The van der Waals surface area contributed by atoms with Crippen LogP contribution in [0.1, 0.15) is 11.1 Å². The number of carbonyl (C=O) groups excluding carboxylic acids is 2. The van der Waals surface area contributed by atoms with Gasteiger partial charge in [-0.3, -0.25) is 30.6 Å². The fourth-order valence-electron chi connectivity index (χ4n) is 3.71. The van der Waals surface area contributed by atoms with E-state index in [0.717, 1.165) is 17.3 Å². The second-order valence-electron chi connectivity index (χ2n) is 7.82. The number of thioether (sulfide) groups is 1. The van der Waals surface area contributed by atoms with Crippen LogP contribution in [0.3, 0.4) is 0 Å². The van der Waals surface area contributed by atoms with Crippen LogP contribution in [0.5, 0.6) is 0 Å². The predicted octanol–water partition coefficient (Wildman–Crippen LogP) is 3.45. The second kappa shape index (κ2) is 8.69. The standard InChI is InChI=1S/C24H18N6O4S/c1-15-7-11-17(12-8-15)25-23-27-26-21(31)24(35-23)20(16-9-13-19(14-10-16)30(33)34)28-29(22(24)32)18-5-3-2-4-6-18/h2-14H,1H3,(H,25,27)(H,26,31). The molecule has 2 amide bonds. The van der Waals surface area contributed by atoms with Gasteiger partial charge in [0.1, 0.15) is 5.71 Å². The first-order chi connectivity index (χ1) is 16.9. The number of non-ortho nitro benzene ring substituents is 1. The second-order valence-corrected chi connectivity index (χ2v) is 9.02. The minimum absolute atomic E-state index is 0.114. The number of carbonyl (C=O) groups is 2. The molecule has 35 heavy (non-hydrogen) atoms. The van der Waals surface area contributed by atoms with Crippen molar-refractivity contribution in [3.63, 3.8) is 0 Å². The lowest BCUT2D eigenvalue weighted by Crippen LogP contribution is -2.64. The number of nitrogens with one attached hydrogen (secondary N) is 2. The number of nitro benzene ring substituents is 1. The van der Waals surface area contributed by atoms with Crippen LogP contribution in [0.25, 0.3) is 0 Å². The molecule has 2 aliphatic heterocycles. The average Bonchev–Trinajstić information content (AvgIpc) is 3.16. The van der Waals surface area contributed by atoms with Crippen LogP contribution in [0.2, 0.25) is 0 Å². The zero-order valence-electron chi connectivity index (χ0n) is 18.3. The van der Waals surface area contributed by atoms with Gasteiger partial charge in [-0.05, 0) is 43.3 Å². The Morgan fingerprint density at radius 3 is 2.31 bits per heavy atom. The van der Waals surface area contributed by atoms with Crippen molar-refractivity contribution in [3.8, 4) is 0 Å². The van der Waals surface area contributed by atoms with Gasteiger partial charge in [-0.15, -0.1) is 0 Å². The van der Waals surface area contributed by atoms with Gasteiger partial charge in [-0.25, -0.2) is 4.99 Å². The van der Waals surface area contributed by atoms with Crippen LogP contribution in [0, 0.1) is 17.0 Å². The number of hydrazone groups is 1. The van der Waals surface area contributed by atoms with Gasteiger partial charge >= 0.3 is 0 Å². The number of nitro groups is 1.